The Kier molecular flexibility index (Phi) is 4.68. The normalized spacial score (nSPS) is 25.3. The van der Waals surface area contributed by atoms with Gasteiger partial charge < -0.3 is 9.73 Å². The van der Waals surface area contributed by atoms with E-state index in [0.29, 0.717) is 15.1 Å². The van der Waals surface area contributed by atoms with Crippen LogP contribution in [-0.2, 0) is 0 Å². The predicted octanol–water partition coefficient (Wildman–Crippen LogP) is 3.87. The Balaban J connectivity index is 2.00. The molecule has 2 unspecified atom stereocenters. The van der Waals surface area contributed by atoms with E-state index in [1.807, 2.05) is 0 Å². The van der Waals surface area contributed by atoms with E-state index in [9.17, 15) is 4.79 Å². The van der Waals surface area contributed by atoms with Gasteiger partial charge in [-0.25, -0.2) is 0 Å². The highest BCUT2D eigenvalue weighted by Gasteiger charge is 2.24. The van der Waals surface area contributed by atoms with Crippen LogP contribution < -0.4 is 5.32 Å². The van der Waals surface area contributed by atoms with Gasteiger partial charge in [0, 0.05) is 10.9 Å². The lowest BCUT2D eigenvalue weighted by molar-refractivity contribution is 0.0933. The molecule has 1 aliphatic carbocycles. The van der Waals surface area contributed by atoms with Crippen molar-refractivity contribution in [2.45, 2.75) is 43.0 Å². The summed E-state index contributed by atoms with van der Waals surface area (Å²) in [4.78, 5) is 12.4. The molecule has 0 radical (unpaired) electrons. The summed E-state index contributed by atoms with van der Waals surface area (Å²) in [6.07, 6.45) is 7.34. The number of hydrogen-bond acceptors (Lipinski definition) is 2. The van der Waals surface area contributed by atoms with Crippen molar-refractivity contribution in [2.75, 3.05) is 0 Å². The van der Waals surface area contributed by atoms with Crippen LogP contribution in [0.1, 0.15) is 42.5 Å². The number of amides is 1. The van der Waals surface area contributed by atoms with Crippen LogP contribution in [0.3, 0.4) is 0 Å². The summed E-state index contributed by atoms with van der Waals surface area (Å²) in [5.41, 5.74) is 0.564. The Morgan fingerprint density at radius 1 is 1.35 bits per heavy atom. The first-order valence-electron chi connectivity index (χ1n) is 5.86. The van der Waals surface area contributed by atoms with Crippen LogP contribution in [0.25, 0.3) is 0 Å². The molecule has 0 aliphatic heterocycles. The molecule has 1 aromatic rings. The first-order valence-corrected chi connectivity index (χ1v) is 7.57. The summed E-state index contributed by atoms with van der Waals surface area (Å²) >= 11 is 6.89. The largest absolute Gasteiger partial charge is 0.457 e. The van der Waals surface area contributed by atoms with E-state index >= 15 is 0 Å². The smallest absolute Gasteiger partial charge is 0.256 e. The predicted molar refractivity (Wildman–Crippen MR) is 73.5 cm³/mol. The molecule has 1 N–H and O–H groups in total. The third kappa shape index (κ3) is 3.35. The number of halogens is 2. The van der Waals surface area contributed by atoms with Gasteiger partial charge in [-0.1, -0.05) is 35.2 Å². The van der Waals surface area contributed by atoms with Crippen LogP contribution in [0.5, 0.6) is 0 Å². The van der Waals surface area contributed by atoms with Gasteiger partial charge >= 0.3 is 0 Å². The summed E-state index contributed by atoms with van der Waals surface area (Å²) in [7, 11) is 0. The molecule has 1 saturated carbocycles. The average Bonchev–Trinajstić information content (AvgIpc) is 2.63. The standard InChI is InChI=1S/C12H15Br2NO2/c13-9-4-2-1-3-5-10(9)15-12(16)8-6-7-17-11(8)14/h6-7,9-10H,1-5H2,(H,15,16). The molecule has 0 aromatic carbocycles. The van der Waals surface area contributed by atoms with E-state index in [-0.39, 0.29) is 11.9 Å². The van der Waals surface area contributed by atoms with E-state index < -0.39 is 0 Å². The van der Waals surface area contributed by atoms with Crippen molar-refractivity contribution >= 4 is 37.8 Å². The molecule has 0 saturated heterocycles. The Bertz CT molecular complexity index is 392. The second kappa shape index (κ2) is 6.05. The minimum absolute atomic E-state index is 0.0676. The molecule has 0 spiro atoms. The van der Waals surface area contributed by atoms with Crippen molar-refractivity contribution in [1.29, 1.82) is 0 Å². The molecule has 0 bridgehead atoms. The highest BCUT2D eigenvalue weighted by molar-refractivity contribution is 9.10. The summed E-state index contributed by atoms with van der Waals surface area (Å²) in [5, 5.41) is 3.08. The van der Waals surface area contributed by atoms with Gasteiger partial charge in [0.2, 0.25) is 0 Å². The van der Waals surface area contributed by atoms with Crippen molar-refractivity contribution in [3.63, 3.8) is 0 Å². The summed E-state index contributed by atoms with van der Waals surface area (Å²) < 4.78 is 5.57. The molecule has 5 heteroatoms. The fourth-order valence-corrected chi connectivity index (χ4v) is 3.27. The van der Waals surface area contributed by atoms with Crippen molar-refractivity contribution < 1.29 is 9.21 Å². The first kappa shape index (κ1) is 13.1. The van der Waals surface area contributed by atoms with E-state index in [1.165, 1.54) is 25.5 Å². The third-order valence-corrected chi connectivity index (χ3v) is 4.82. The van der Waals surface area contributed by atoms with Gasteiger partial charge in [0.25, 0.3) is 5.91 Å². The molecule has 2 rings (SSSR count). The number of alkyl halides is 1. The van der Waals surface area contributed by atoms with Crippen LogP contribution in [0.2, 0.25) is 0 Å². The topological polar surface area (TPSA) is 42.2 Å². The van der Waals surface area contributed by atoms with E-state index in [1.54, 1.807) is 6.07 Å². The van der Waals surface area contributed by atoms with E-state index in [4.69, 9.17) is 4.42 Å². The molecule has 1 amide bonds. The van der Waals surface area contributed by atoms with Gasteiger partial charge in [0.1, 0.15) is 0 Å². The van der Waals surface area contributed by atoms with Crippen LogP contribution in [-0.4, -0.2) is 16.8 Å². The van der Waals surface area contributed by atoms with E-state index in [2.05, 4.69) is 37.2 Å². The van der Waals surface area contributed by atoms with Crippen LogP contribution in [0, 0.1) is 0 Å². The quantitative estimate of drug-likeness (QED) is 0.639. The second-order valence-corrected chi connectivity index (χ2v) is 6.24. The maximum absolute atomic E-state index is 12.0. The number of furan rings is 1. The molecule has 2 atom stereocenters. The fourth-order valence-electron chi connectivity index (χ4n) is 2.13. The van der Waals surface area contributed by atoms with Crippen LogP contribution in [0.4, 0.5) is 0 Å². The number of carbonyl (C=O) groups excluding carboxylic acids is 1. The molecule has 1 aliphatic rings. The minimum atomic E-state index is -0.0676. The minimum Gasteiger partial charge on any atom is -0.457 e. The lowest BCUT2D eigenvalue weighted by atomic mass is 10.1. The third-order valence-electron chi connectivity index (χ3n) is 3.11. The molecule has 1 heterocycles. The monoisotopic (exact) mass is 363 g/mol. The van der Waals surface area contributed by atoms with Gasteiger partial charge in [-0.2, -0.15) is 0 Å². The summed E-state index contributed by atoms with van der Waals surface area (Å²) in [6.45, 7) is 0. The first-order chi connectivity index (χ1) is 8.18. The lowest BCUT2D eigenvalue weighted by Crippen LogP contribution is -2.40. The molecular formula is C12H15Br2NO2. The molecule has 3 nitrogen and oxygen atoms in total. The maximum Gasteiger partial charge on any atom is 0.256 e. The fraction of sp³-hybridized carbons (Fsp3) is 0.583. The zero-order valence-corrected chi connectivity index (χ0v) is 12.6. The molecule has 1 fully saturated rings. The van der Waals surface area contributed by atoms with Crippen molar-refractivity contribution in [3.05, 3.63) is 22.6 Å². The SMILES string of the molecule is O=C(NC1CCCCCC1Br)c1ccoc1Br. The van der Waals surface area contributed by atoms with Gasteiger partial charge in [0.05, 0.1) is 11.8 Å². The van der Waals surface area contributed by atoms with Gasteiger partial charge in [-0.3, -0.25) is 4.79 Å². The maximum atomic E-state index is 12.0. The van der Waals surface area contributed by atoms with Crippen molar-refractivity contribution in [1.82, 2.24) is 5.32 Å². The summed E-state index contributed by atoms with van der Waals surface area (Å²) in [5.74, 6) is -0.0676. The average molecular weight is 365 g/mol. The van der Waals surface area contributed by atoms with Gasteiger partial charge in [-0.05, 0) is 34.8 Å². The molecule has 17 heavy (non-hydrogen) atoms. The Labute approximate surface area is 118 Å². The highest BCUT2D eigenvalue weighted by atomic mass is 79.9. The van der Waals surface area contributed by atoms with Crippen molar-refractivity contribution in [3.8, 4) is 0 Å². The Morgan fingerprint density at radius 2 is 2.12 bits per heavy atom. The summed E-state index contributed by atoms with van der Waals surface area (Å²) in [6, 6.07) is 1.89. The Morgan fingerprint density at radius 3 is 2.82 bits per heavy atom. The zero-order valence-electron chi connectivity index (χ0n) is 9.42. The van der Waals surface area contributed by atoms with Gasteiger partial charge in [0.15, 0.2) is 4.67 Å². The molecular weight excluding hydrogens is 350 g/mol. The van der Waals surface area contributed by atoms with Gasteiger partial charge in [-0.15, -0.1) is 0 Å². The number of nitrogens with one attached hydrogen (secondary N) is 1. The highest BCUT2D eigenvalue weighted by Crippen LogP contribution is 2.25. The van der Waals surface area contributed by atoms with E-state index in [0.717, 1.165) is 12.8 Å². The molecule has 1 aromatic heterocycles. The van der Waals surface area contributed by atoms with Crippen LogP contribution in [0.15, 0.2) is 21.4 Å². The van der Waals surface area contributed by atoms with Crippen molar-refractivity contribution in [2.24, 2.45) is 0 Å². The zero-order chi connectivity index (χ0) is 12.3. The molecule has 94 valence electrons. The lowest BCUT2D eigenvalue weighted by Gasteiger charge is -2.21. The second-order valence-electron chi connectivity index (χ2n) is 4.34. The number of hydrogen-bond donors (Lipinski definition) is 1. The number of carbonyl (C=O) groups is 1. The van der Waals surface area contributed by atoms with Crippen LogP contribution >= 0.6 is 31.9 Å². The Hall–Kier alpha value is -0.290. The number of rotatable bonds is 2.